The number of likely N-dealkylation sites (tertiary alicyclic amines) is 1. The number of rotatable bonds is 5. The molecule has 20 heavy (non-hydrogen) atoms. The first-order valence-electron chi connectivity index (χ1n) is 6.80. The maximum atomic E-state index is 11.8. The maximum Gasteiger partial charge on any atom is 0.292 e. The summed E-state index contributed by atoms with van der Waals surface area (Å²) in [5, 5.41) is 14.1. The van der Waals surface area contributed by atoms with Crippen molar-refractivity contribution in [2.45, 2.75) is 26.8 Å². The molecule has 1 saturated heterocycles. The van der Waals surface area contributed by atoms with Crippen LogP contribution in [0.25, 0.3) is 0 Å². The molecule has 2 rings (SSSR count). The zero-order valence-electron chi connectivity index (χ0n) is 11.8. The van der Waals surface area contributed by atoms with E-state index in [-0.39, 0.29) is 11.6 Å². The molecule has 0 aromatic heterocycles. The minimum absolute atomic E-state index is 0.0593. The Kier molecular flexibility index (Phi) is 4.22. The van der Waals surface area contributed by atoms with E-state index in [2.05, 4.69) is 5.32 Å². The first kappa shape index (κ1) is 14.3. The molecule has 108 valence electrons. The summed E-state index contributed by atoms with van der Waals surface area (Å²) in [6.45, 7) is 5.72. The lowest BCUT2D eigenvalue weighted by molar-refractivity contribution is -0.384. The molecular formula is C14H19N3O3. The topological polar surface area (TPSA) is 75.5 Å². The second-order valence-electron chi connectivity index (χ2n) is 5.22. The van der Waals surface area contributed by atoms with Crippen LogP contribution in [0.1, 0.15) is 25.8 Å². The summed E-state index contributed by atoms with van der Waals surface area (Å²) in [5.41, 5.74) is 1.37. The number of nitrogens with zero attached hydrogens (tertiary/aromatic N) is 2. The van der Waals surface area contributed by atoms with Crippen molar-refractivity contribution in [1.29, 1.82) is 0 Å². The van der Waals surface area contributed by atoms with Crippen molar-refractivity contribution in [3.63, 3.8) is 0 Å². The van der Waals surface area contributed by atoms with E-state index in [1.165, 1.54) is 0 Å². The van der Waals surface area contributed by atoms with Crippen LogP contribution in [0.4, 0.5) is 11.4 Å². The highest BCUT2D eigenvalue weighted by molar-refractivity contribution is 5.78. The number of carbonyl (C=O) groups is 1. The Hall–Kier alpha value is -2.11. The fraction of sp³-hybridized carbons (Fsp3) is 0.500. The van der Waals surface area contributed by atoms with Gasteiger partial charge in [0.2, 0.25) is 5.91 Å². The minimum atomic E-state index is -0.393. The van der Waals surface area contributed by atoms with Crippen LogP contribution >= 0.6 is 0 Å². The Bertz CT molecular complexity index is 530. The number of amides is 1. The molecule has 0 aliphatic carbocycles. The molecule has 1 unspecified atom stereocenters. The molecule has 1 fully saturated rings. The molecule has 6 nitrogen and oxygen atoms in total. The molecule has 1 N–H and O–H groups in total. The Balaban J connectivity index is 2.19. The van der Waals surface area contributed by atoms with Gasteiger partial charge in [-0.2, -0.15) is 0 Å². The number of anilines is 1. The fourth-order valence-corrected chi connectivity index (χ4v) is 2.51. The van der Waals surface area contributed by atoms with Crippen LogP contribution in [0.3, 0.4) is 0 Å². The van der Waals surface area contributed by atoms with Crippen molar-refractivity contribution < 1.29 is 9.72 Å². The van der Waals surface area contributed by atoms with Gasteiger partial charge in [0, 0.05) is 32.1 Å². The lowest BCUT2D eigenvalue weighted by Crippen LogP contribution is -2.24. The Labute approximate surface area is 117 Å². The van der Waals surface area contributed by atoms with Gasteiger partial charge in [-0.25, -0.2) is 0 Å². The summed E-state index contributed by atoms with van der Waals surface area (Å²) in [7, 11) is 0. The van der Waals surface area contributed by atoms with E-state index in [4.69, 9.17) is 0 Å². The third-order valence-electron chi connectivity index (χ3n) is 3.41. The summed E-state index contributed by atoms with van der Waals surface area (Å²) in [6, 6.07) is 5.09. The molecule has 1 aromatic carbocycles. The molecule has 0 bridgehead atoms. The van der Waals surface area contributed by atoms with E-state index >= 15 is 0 Å². The molecule has 1 aliphatic rings. The number of nitrogens with one attached hydrogen (secondary N) is 1. The summed E-state index contributed by atoms with van der Waals surface area (Å²) in [5.74, 6) is 0.481. The molecular weight excluding hydrogens is 258 g/mol. The Morgan fingerprint density at radius 2 is 2.25 bits per heavy atom. The minimum Gasteiger partial charge on any atom is -0.380 e. The normalized spacial score (nSPS) is 18.4. The lowest BCUT2D eigenvalue weighted by atomic mass is 10.1. The molecule has 0 spiro atoms. The van der Waals surface area contributed by atoms with Gasteiger partial charge < -0.3 is 10.2 Å². The van der Waals surface area contributed by atoms with Crippen LogP contribution in [0.2, 0.25) is 0 Å². The van der Waals surface area contributed by atoms with Crippen molar-refractivity contribution in [3.8, 4) is 0 Å². The van der Waals surface area contributed by atoms with Gasteiger partial charge in [0.15, 0.2) is 0 Å². The Morgan fingerprint density at radius 3 is 2.80 bits per heavy atom. The second kappa shape index (κ2) is 5.90. The lowest BCUT2D eigenvalue weighted by Gasteiger charge is -2.16. The largest absolute Gasteiger partial charge is 0.380 e. The number of nitro groups is 1. The highest BCUT2D eigenvalue weighted by Gasteiger charge is 2.26. The number of hydrogen-bond acceptors (Lipinski definition) is 4. The molecule has 1 amide bonds. The third-order valence-corrected chi connectivity index (χ3v) is 3.41. The molecule has 0 saturated carbocycles. The number of carbonyl (C=O) groups excluding carboxylic acids is 1. The zero-order chi connectivity index (χ0) is 14.7. The van der Waals surface area contributed by atoms with Gasteiger partial charge in [-0.3, -0.25) is 14.9 Å². The van der Waals surface area contributed by atoms with Crippen LogP contribution in [-0.4, -0.2) is 28.8 Å². The number of nitro benzene ring substituents is 1. The van der Waals surface area contributed by atoms with Gasteiger partial charge in [0.05, 0.1) is 4.92 Å². The second-order valence-corrected chi connectivity index (χ2v) is 5.22. The first-order chi connectivity index (χ1) is 9.51. The summed E-state index contributed by atoms with van der Waals surface area (Å²) in [4.78, 5) is 24.2. The Morgan fingerprint density at radius 1 is 1.50 bits per heavy atom. The van der Waals surface area contributed by atoms with Crippen LogP contribution in [0.15, 0.2) is 18.2 Å². The van der Waals surface area contributed by atoms with E-state index in [0.29, 0.717) is 31.1 Å². The molecule has 1 aromatic rings. The van der Waals surface area contributed by atoms with E-state index in [1.54, 1.807) is 17.0 Å². The zero-order valence-corrected chi connectivity index (χ0v) is 11.8. The monoisotopic (exact) mass is 277 g/mol. The van der Waals surface area contributed by atoms with Crippen LogP contribution in [-0.2, 0) is 11.3 Å². The van der Waals surface area contributed by atoms with Crippen LogP contribution in [0, 0.1) is 16.0 Å². The average molecular weight is 277 g/mol. The van der Waals surface area contributed by atoms with Crippen molar-refractivity contribution in [2.75, 3.05) is 18.4 Å². The van der Waals surface area contributed by atoms with E-state index in [9.17, 15) is 14.9 Å². The molecule has 1 aliphatic heterocycles. The van der Waals surface area contributed by atoms with Gasteiger partial charge in [-0.05, 0) is 24.5 Å². The van der Waals surface area contributed by atoms with Crippen molar-refractivity contribution in [1.82, 2.24) is 4.90 Å². The highest BCUT2D eigenvalue weighted by atomic mass is 16.6. The van der Waals surface area contributed by atoms with Gasteiger partial charge in [-0.15, -0.1) is 0 Å². The maximum absolute atomic E-state index is 11.8. The molecule has 6 heteroatoms. The van der Waals surface area contributed by atoms with Crippen molar-refractivity contribution in [3.05, 3.63) is 33.9 Å². The first-order valence-corrected chi connectivity index (χ1v) is 6.80. The number of benzene rings is 1. The average Bonchev–Trinajstić information content (AvgIpc) is 2.69. The van der Waals surface area contributed by atoms with Gasteiger partial charge in [0.1, 0.15) is 5.69 Å². The van der Waals surface area contributed by atoms with Gasteiger partial charge >= 0.3 is 0 Å². The molecule has 0 radical (unpaired) electrons. The van der Waals surface area contributed by atoms with Crippen LogP contribution < -0.4 is 5.32 Å². The van der Waals surface area contributed by atoms with Crippen molar-refractivity contribution in [2.24, 2.45) is 5.92 Å². The van der Waals surface area contributed by atoms with Gasteiger partial charge in [-0.1, -0.05) is 13.0 Å². The SMILES string of the molecule is CCNc1ccc(CN2CC(C)CC2=O)cc1[N+](=O)[O-]. The molecule has 1 heterocycles. The third kappa shape index (κ3) is 3.07. The van der Waals surface area contributed by atoms with Crippen LogP contribution in [0.5, 0.6) is 0 Å². The summed E-state index contributed by atoms with van der Waals surface area (Å²) < 4.78 is 0. The summed E-state index contributed by atoms with van der Waals surface area (Å²) >= 11 is 0. The van der Waals surface area contributed by atoms with E-state index in [1.807, 2.05) is 19.9 Å². The van der Waals surface area contributed by atoms with E-state index in [0.717, 1.165) is 12.1 Å². The van der Waals surface area contributed by atoms with E-state index < -0.39 is 4.92 Å². The highest BCUT2D eigenvalue weighted by Crippen LogP contribution is 2.27. The quantitative estimate of drug-likeness (QED) is 0.662. The predicted molar refractivity (Wildman–Crippen MR) is 76.5 cm³/mol. The summed E-state index contributed by atoms with van der Waals surface area (Å²) in [6.07, 6.45) is 0.567. The number of hydrogen-bond donors (Lipinski definition) is 1. The smallest absolute Gasteiger partial charge is 0.292 e. The standard InChI is InChI=1S/C14H19N3O3/c1-3-15-12-5-4-11(7-13(12)17(19)20)9-16-8-10(2)6-14(16)18/h4-5,7,10,15H,3,6,8-9H2,1-2H3. The molecule has 1 atom stereocenters. The van der Waals surface area contributed by atoms with Crippen molar-refractivity contribution >= 4 is 17.3 Å². The fourth-order valence-electron chi connectivity index (χ4n) is 2.51. The predicted octanol–water partition coefficient (Wildman–Crippen LogP) is 2.40. The van der Waals surface area contributed by atoms with Gasteiger partial charge in [0.25, 0.3) is 5.69 Å².